The fourth-order valence-electron chi connectivity index (χ4n) is 1.65. The van der Waals surface area contributed by atoms with Gasteiger partial charge in [-0.05, 0) is 13.0 Å². The topological polar surface area (TPSA) is 127 Å². The van der Waals surface area contributed by atoms with Gasteiger partial charge < -0.3 is 4.74 Å². The maximum Gasteiger partial charge on any atom is 0.273 e. The van der Waals surface area contributed by atoms with Crippen LogP contribution in [0.2, 0.25) is 0 Å². The van der Waals surface area contributed by atoms with Gasteiger partial charge in [-0.1, -0.05) is 0 Å². The van der Waals surface area contributed by atoms with Crippen molar-refractivity contribution in [3.8, 4) is 5.75 Å². The second-order valence-electron chi connectivity index (χ2n) is 4.13. The number of nitrogens with one attached hydrogen (secondary N) is 2. The molecular formula is C11H12N4O5S. The highest BCUT2D eigenvalue weighted by Crippen LogP contribution is 2.29. The van der Waals surface area contributed by atoms with Crippen molar-refractivity contribution in [3.63, 3.8) is 0 Å². The van der Waals surface area contributed by atoms with Crippen molar-refractivity contribution in [2.24, 2.45) is 0 Å². The first-order valence-electron chi connectivity index (χ1n) is 5.71. The second-order valence-corrected chi connectivity index (χ2v) is 5.78. The molecule has 0 fully saturated rings. The number of aryl methyl sites for hydroxylation is 1. The van der Waals surface area contributed by atoms with Crippen LogP contribution in [0.1, 0.15) is 5.69 Å². The molecule has 0 saturated carbocycles. The van der Waals surface area contributed by atoms with Crippen LogP contribution in [0.15, 0.2) is 29.2 Å². The van der Waals surface area contributed by atoms with E-state index in [1.807, 2.05) is 0 Å². The number of ether oxygens (including phenoxy) is 1. The van der Waals surface area contributed by atoms with Gasteiger partial charge in [0, 0.05) is 17.8 Å². The maximum absolute atomic E-state index is 12.3. The molecule has 0 aliphatic carbocycles. The van der Waals surface area contributed by atoms with Crippen molar-refractivity contribution >= 4 is 21.5 Å². The van der Waals surface area contributed by atoms with E-state index in [1.165, 1.54) is 13.2 Å². The molecule has 112 valence electrons. The Labute approximate surface area is 120 Å². The first-order chi connectivity index (χ1) is 9.83. The molecule has 0 bridgehead atoms. The van der Waals surface area contributed by atoms with Gasteiger partial charge in [0.1, 0.15) is 10.6 Å². The molecule has 0 aliphatic heterocycles. The summed E-state index contributed by atoms with van der Waals surface area (Å²) in [4.78, 5) is 9.85. The number of nitro benzene ring substituents is 1. The number of anilines is 1. The number of hydrogen-bond donors (Lipinski definition) is 2. The SMILES string of the molecule is COc1cc([N+](=O)[O-])ccc1S(=O)(=O)Nc1cc(C)[nH]n1. The third-order valence-corrected chi connectivity index (χ3v) is 3.99. The van der Waals surface area contributed by atoms with Crippen LogP contribution in [-0.4, -0.2) is 30.6 Å². The second kappa shape index (κ2) is 5.40. The highest BCUT2D eigenvalue weighted by molar-refractivity contribution is 7.92. The number of methoxy groups -OCH3 is 1. The van der Waals surface area contributed by atoms with Crippen LogP contribution in [0.4, 0.5) is 11.5 Å². The molecule has 0 saturated heterocycles. The highest BCUT2D eigenvalue weighted by atomic mass is 32.2. The van der Waals surface area contributed by atoms with Gasteiger partial charge in [-0.15, -0.1) is 0 Å². The summed E-state index contributed by atoms with van der Waals surface area (Å²) in [7, 11) is -2.73. The minimum Gasteiger partial charge on any atom is -0.495 e. The van der Waals surface area contributed by atoms with Crippen molar-refractivity contribution in [1.29, 1.82) is 0 Å². The van der Waals surface area contributed by atoms with Crippen LogP contribution >= 0.6 is 0 Å². The highest BCUT2D eigenvalue weighted by Gasteiger charge is 2.23. The Morgan fingerprint density at radius 3 is 2.62 bits per heavy atom. The largest absolute Gasteiger partial charge is 0.495 e. The molecule has 0 spiro atoms. The molecule has 0 atom stereocenters. The third-order valence-electron chi connectivity index (χ3n) is 2.59. The number of hydrogen-bond acceptors (Lipinski definition) is 6. The number of sulfonamides is 1. The zero-order valence-corrected chi connectivity index (χ0v) is 12.0. The number of aromatic amines is 1. The van der Waals surface area contributed by atoms with Crippen molar-refractivity contribution in [2.45, 2.75) is 11.8 Å². The Morgan fingerprint density at radius 1 is 1.38 bits per heavy atom. The lowest BCUT2D eigenvalue weighted by Crippen LogP contribution is -2.14. The molecule has 0 amide bonds. The smallest absolute Gasteiger partial charge is 0.273 e. The molecular weight excluding hydrogens is 300 g/mol. The minimum absolute atomic E-state index is 0.118. The minimum atomic E-state index is -3.97. The molecule has 0 aliphatic rings. The normalized spacial score (nSPS) is 11.1. The number of H-pyrrole nitrogens is 1. The molecule has 1 aromatic carbocycles. The third kappa shape index (κ3) is 3.11. The van der Waals surface area contributed by atoms with Crippen molar-refractivity contribution < 1.29 is 18.1 Å². The number of non-ortho nitro benzene ring substituents is 1. The van der Waals surface area contributed by atoms with Crippen molar-refractivity contribution in [1.82, 2.24) is 10.2 Å². The zero-order chi connectivity index (χ0) is 15.6. The average Bonchev–Trinajstić information content (AvgIpc) is 2.82. The Bertz CT molecular complexity index is 784. The fourth-order valence-corrected chi connectivity index (χ4v) is 2.80. The van der Waals surface area contributed by atoms with E-state index >= 15 is 0 Å². The molecule has 10 heteroatoms. The first kappa shape index (κ1) is 14.8. The molecule has 0 unspecified atom stereocenters. The van der Waals surface area contributed by atoms with Gasteiger partial charge in [-0.2, -0.15) is 5.10 Å². The van der Waals surface area contributed by atoms with Crippen molar-refractivity contribution in [3.05, 3.63) is 40.1 Å². The van der Waals surface area contributed by atoms with Crippen LogP contribution in [0.25, 0.3) is 0 Å². The molecule has 2 N–H and O–H groups in total. The van der Waals surface area contributed by atoms with Crippen LogP contribution < -0.4 is 9.46 Å². The maximum atomic E-state index is 12.3. The number of aromatic nitrogens is 2. The molecule has 21 heavy (non-hydrogen) atoms. The standard InChI is InChI=1S/C11H12N4O5S/c1-7-5-11(13-12-7)14-21(18,19)10-4-3-8(15(16)17)6-9(10)20-2/h3-6H,1-2H3,(H2,12,13,14). The Hall–Kier alpha value is -2.62. The lowest BCUT2D eigenvalue weighted by Gasteiger charge is -2.09. The van der Waals surface area contributed by atoms with Crippen LogP contribution in [0, 0.1) is 17.0 Å². The lowest BCUT2D eigenvalue weighted by molar-refractivity contribution is -0.385. The summed E-state index contributed by atoms with van der Waals surface area (Å²) in [5, 5.41) is 17.1. The van der Waals surface area contributed by atoms with Crippen LogP contribution in [-0.2, 0) is 10.0 Å². The van der Waals surface area contributed by atoms with Gasteiger partial charge in [0.2, 0.25) is 0 Å². The molecule has 2 aromatic rings. The summed E-state index contributed by atoms with van der Waals surface area (Å²) in [5.74, 6) is -0.00290. The molecule has 0 radical (unpaired) electrons. The fraction of sp³-hybridized carbons (Fsp3) is 0.182. The predicted molar refractivity (Wildman–Crippen MR) is 73.8 cm³/mol. The quantitative estimate of drug-likeness (QED) is 0.635. The number of benzene rings is 1. The van der Waals surface area contributed by atoms with Gasteiger partial charge in [0.15, 0.2) is 5.82 Å². The summed E-state index contributed by atoms with van der Waals surface area (Å²) < 4.78 is 31.7. The molecule has 1 aromatic heterocycles. The van der Waals surface area contributed by atoms with E-state index in [0.717, 1.165) is 18.2 Å². The number of nitrogens with zero attached hydrogens (tertiary/aromatic N) is 2. The van der Waals surface area contributed by atoms with E-state index in [9.17, 15) is 18.5 Å². The van der Waals surface area contributed by atoms with Gasteiger partial charge in [0.25, 0.3) is 15.7 Å². The Balaban J connectivity index is 2.42. The van der Waals surface area contributed by atoms with Crippen LogP contribution in [0.3, 0.4) is 0 Å². The Kier molecular flexibility index (Phi) is 3.80. The molecule has 2 rings (SSSR count). The molecule has 9 nitrogen and oxygen atoms in total. The van der Waals surface area contributed by atoms with Crippen LogP contribution in [0.5, 0.6) is 5.75 Å². The summed E-state index contributed by atoms with van der Waals surface area (Å²) in [6.45, 7) is 1.72. The van der Waals surface area contributed by atoms with E-state index in [4.69, 9.17) is 4.74 Å². The van der Waals surface area contributed by atoms with Gasteiger partial charge in [-0.3, -0.25) is 19.9 Å². The summed E-state index contributed by atoms with van der Waals surface area (Å²) in [6, 6.07) is 4.76. The van der Waals surface area contributed by atoms with Gasteiger partial charge in [-0.25, -0.2) is 8.42 Å². The summed E-state index contributed by atoms with van der Waals surface area (Å²) >= 11 is 0. The predicted octanol–water partition coefficient (Wildman–Crippen LogP) is 1.44. The van der Waals surface area contributed by atoms with E-state index in [-0.39, 0.29) is 22.2 Å². The number of rotatable bonds is 5. The monoisotopic (exact) mass is 312 g/mol. The lowest BCUT2D eigenvalue weighted by atomic mass is 10.3. The van der Waals surface area contributed by atoms with E-state index in [2.05, 4.69) is 14.9 Å². The van der Waals surface area contributed by atoms with Gasteiger partial charge >= 0.3 is 0 Å². The summed E-state index contributed by atoms with van der Waals surface area (Å²) in [6.07, 6.45) is 0. The molecule has 1 heterocycles. The zero-order valence-electron chi connectivity index (χ0n) is 11.2. The van der Waals surface area contributed by atoms with Gasteiger partial charge in [0.05, 0.1) is 18.1 Å². The van der Waals surface area contributed by atoms with Crippen molar-refractivity contribution in [2.75, 3.05) is 11.8 Å². The van der Waals surface area contributed by atoms with E-state index < -0.39 is 14.9 Å². The summed E-state index contributed by atoms with van der Waals surface area (Å²) in [5.41, 5.74) is 0.421. The average molecular weight is 312 g/mol. The number of nitro groups is 1. The van der Waals surface area contributed by atoms with E-state index in [1.54, 1.807) is 6.92 Å². The first-order valence-corrected chi connectivity index (χ1v) is 7.19. The Morgan fingerprint density at radius 2 is 2.10 bits per heavy atom. The van der Waals surface area contributed by atoms with E-state index in [0.29, 0.717) is 5.69 Å².